The van der Waals surface area contributed by atoms with E-state index in [4.69, 9.17) is 0 Å². The van der Waals surface area contributed by atoms with Crippen LogP contribution < -0.4 is 0 Å². The zero-order chi connectivity index (χ0) is 15.5. The molecule has 0 amide bonds. The first-order chi connectivity index (χ1) is 10.3. The zero-order valence-corrected chi connectivity index (χ0v) is 10.5. The molecule has 0 aliphatic heterocycles. The molecule has 0 radical (unpaired) electrons. The molecule has 1 aromatic rings. The maximum Gasteiger partial charge on any atom is 0.237 e. The van der Waals surface area contributed by atoms with Crippen molar-refractivity contribution in [2.45, 2.75) is 18.2 Å². The second-order valence-electron chi connectivity index (χ2n) is 3.65. The first-order valence-electron chi connectivity index (χ1n) is 5.61. The van der Waals surface area contributed by atoms with E-state index in [0.717, 1.165) is 0 Å². The van der Waals surface area contributed by atoms with Gasteiger partial charge in [0.25, 0.3) is 0 Å². The first-order valence-corrected chi connectivity index (χ1v) is 5.61. The molecule has 1 rings (SSSR count). The third kappa shape index (κ3) is 4.40. The predicted molar refractivity (Wildman–Crippen MR) is 69.2 cm³/mol. The minimum Gasteiger partial charge on any atom is -0.211 e. The summed E-state index contributed by atoms with van der Waals surface area (Å²) in [6, 6.07) is 8.29. The first kappa shape index (κ1) is 15.8. The molecule has 1 aromatic carbocycles. The fourth-order valence-corrected chi connectivity index (χ4v) is 1.77. The Morgan fingerprint density at radius 3 is 1.38 bits per heavy atom. The summed E-state index contributed by atoms with van der Waals surface area (Å²) in [6.45, 7) is 0. The van der Waals surface area contributed by atoms with Gasteiger partial charge in [0.2, 0.25) is 24.3 Å². The molecule has 0 N–H and O–H groups in total. The van der Waals surface area contributed by atoms with Gasteiger partial charge in [0.15, 0.2) is 12.3 Å². The number of hydrogen-bond acceptors (Lipinski definition) is 8. The van der Waals surface area contributed by atoms with Crippen molar-refractivity contribution >= 4 is 24.3 Å². The molecule has 0 aromatic heterocycles. The minimum atomic E-state index is -1.28. The van der Waals surface area contributed by atoms with Gasteiger partial charge < -0.3 is 0 Å². The van der Waals surface area contributed by atoms with E-state index >= 15 is 0 Å². The number of hydrogen-bond donors (Lipinski definition) is 0. The lowest BCUT2D eigenvalue weighted by atomic mass is 9.93. The van der Waals surface area contributed by atoms with E-state index in [1.165, 1.54) is 24.3 Å². The molecule has 0 spiro atoms. The van der Waals surface area contributed by atoms with E-state index in [2.05, 4.69) is 20.0 Å². The monoisotopic (exact) mass is 284 g/mol. The Balaban J connectivity index is 3.46. The second kappa shape index (κ2) is 8.77. The molecule has 104 valence electrons. The van der Waals surface area contributed by atoms with E-state index in [-0.39, 0.29) is 0 Å². The van der Waals surface area contributed by atoms with Crippen LogP contribution in [0, 0.1) is 0 Å². The predicted octanol–water partition coefficient (Wildman–Crippen LogP) is 0.766. The van der Waals surface area contributed by atoms with Crippen LogP contribution in [0.2, 0.25) is 0 Å². The Kier molecular flexibility index (Phi) is 6.60. The third-order valence-electron chi connectivity index (χ3n) is 2.57. The van der Waals surface area contributed by atoms with Gasteiger partial charge in [0, 0.05) is 0 Å². The summed E-state index contributed by atoms with van der Waals surface area (Å²) in [6.07, 6.45) is 2.50. The molecule has 8 heteroatoms. The molecule has 8 nitrogen and oxygen atoms in total. The average molecular weight is 284 g/mol. The quantitative estimate of drug-likeness (QED) is 0.542. The maximum atomic E-state index is 10.5. The molecule has 0 aliphatic carbocycles. The van der Waals surface area contributed by atoms with Gasteiger partial charge in [-0.15, -0.1) is 0 Å². The standard InChI is InChI=1S/C13H8N4O4/c18-6-14-12(15-7-19)11(10-4-2-1-3-5-10)13(16-8-20)17-9-21/h1-5,11-13H. The van der Waals surface area contributed by atoms with Crippen molar-refractivity contribution < 1.29 is 19.2 Å². The van der Waals surface area contributed by atoms with Crippen LogP contribution in [0.3, 0.4) is 0 Å². The Morgan fingerprint density at radius 1 is 0.667 bits per heavy atom. The van der Waals surface area contributed by atoms with Gasteiger partial charge >= 0.3 is 0 Å². The highest BCUT2D eigenvalue weighted by molar-refractivity contribution is 5.41. The highest BCUT2D eigenvalue weighted by atomic mass is 16.1. The lowest BCUT2D eigenvalue weighted by molar-refractivity contribution is 0.453. The number of aliphatic imine (C=N–C) groups is 4. The van der Waals surface area contributed by atoms with Crippen molar-refractivity contribution in [3.05, 3.63) is 35.9 Å². The van der Waals surface area contributed by atoms with Crippen molar-refractivity contribution in [2.24, 2.45) is 20.0 Å². The van der Waals surface area contributed by atoms with E-state index < -0.39 is 18.2 Å². The van der Waals surface area contributed by atoms with Crippen molar-refractivity contribution in [3.8, 4) is 0 Å². The fraction of sp³-hybridized carbons (Fsp3) is 0.231. The molecule has 0 heterocycles. The number of rotatable bonds is 7. The summed E-state index contributed by atoms with van der Waals surface area (Å²) in [7, 11) is 0. The van der Waals surface area contributed by atoms with Crippen LogP contribution >= 0.6 is 0 Å². The summed E-state index contributed by atoms with van der Waals surface area (Å²) >= 11 is 0. The van der Waals surface area contributed by atoms with Gasteiger partial charge in [-0.3, -0.25) is 0 Å². The van der Waals surface area contributed by atoms with E-state index in [1.54, 1.807) is 30.3 Å². The molecular weight excluding hydrogens is 276 g/mol. The lowest BCUT2D eigenvalue weighted by Crippen LogP contribution is -2.25. The van der Waals surface area contributed by atoms with Gasteiger partial charge in [0.05, 0.1) is 5.92 Å². The highest BCUT2D eigenvalue weighted by Gasteiger charge is 2.31. The fourth-order valence-electron chi connectivity index (χ4n) is 1.77. The van der Waals surface area contributed by atoms with E-state index in [9.17, 15) is 19.2 Å². The SMILES string of the molecule is O=C=NC(N=C=O)C(c1ccccc1)C(N=C=O)N=C=O. The maximum absolute atomic E-state index is 10.5. The number of benzene rings is 1. The van der Waals surface area contributed by atoms with Gasteiger partial charge in [0.1, 0.15) is 0 Å². The Labute approximate surface area is 118 Å². The van der Waals surface area contributed by atoms with Crippen molar-refractivity contribution in [1.82, 2.24) is 0 Å². The van der Waals surface area contributed by atoms with Crippen LogP contribution in [0.25, 0.3) is 0 Å². The molecule has 21 heavy (non-hydrogen) atoms. The summed E-state index contributed by atoms with van der Waals surface area (Å²) in [4.78, 5) is 55.3. The summed E-state index contributed by atoms with van der Waals surface area (Å²) in [5.74, 6) is -0.947. The van der Waals surface area contributed by atoms with Crippen molar-refractivity contribution in [1.29, 1.82) is 0 Å². The van der Waals surface area contributed by atoms with Crippen LogP contribution in [0.1, 0.15) is 11.5 Å². The van der Waals surface area contributed by atoms with Crippen LogP contribution in [0.4, 0.5) is 0 Å². The lowest BCUT2D eigenvalue weighted by Gasteiger charge is -2.21. The van der Waals surface area contributed by atoms with Gasteiger partial charge in [-0.25, -0.2) is 19.2 Å². The molecule has 0 bridgehead atoms. The van der Waals surface area contributed by atoms with Crippen LogP contribution in [0.5, 0.6) is 0 Å². The topological polar surface area (TPSA) is 118 Å². The minimum absolute atomic E-state index is 0.503. The van der Waals surface area contributed by atoms with E-state index in [0.29, 0.717) is 5.56 Å². The second-order valence-corrected chi connectivity index (χ2v) is 3.65. The smallest absolute Gasteiger partial charge is 0.211 e. The summed E-state index contributed by atoms with van der Waals surface area (Å²) in [5, 5.41) is 0. The number of isocyanates is 4. The average Bonchev–Trinajstić information content (AvgIpc) is 2.49. The van der Waals surface area contributed by atoms with E-state index in [1.807, 2.05) is 0 Å². The van der Waals surface area contributed by atoms with Crippen LogP contribution in [0.15, 0.2) is 50.3 Å². The molecule has 0 aliphatic rings. The molecular formula is C13H8N4O4. The van der Waals surface area contributed by atoms with Gasteiger partial charge in [-0.2, -0.15) is 20.0 Å². The summed E-state index contributed by atoms with van der Waals surface area (Å²) in [5.41, 5.74) is 0.503. The van der Waals surface area contributed by atoms with Crippen molar-refractivity contribution in [2.75, 3.05) is 0 Å². The zero-order valence-electron chi connectivity index (χ0n) is 10.5. The largest absolute Gasteiger partial charge is 0.237 e. The van der Waals surface area contributed by atoms with Crippen molar-refractivity contribution in [3.63, 3.8) is 0 Å². The molecule has 0 saturated heterocycles. The molecule has 0 saturated carbocycles. The van der Waals surface area contributed by atoms with Gasteiger partial charge in [-0.1, -0.05) is 30.3 Å². The molecule has 0 fully saturated rings. The van der Waals surface area contributed by atoms with Gasteiger partial charge in [-0.05, 0) is 5.56 Å². The normalized spacial score (nSPS) is 13.1. The summed E-state index contributed by atoms with van der Waals surface area (Å²) < 4.78 is 0. The molecule has 0 atom stereocenters. The Hall–Kier alpha value is -3.26. The highest BCUT2D eigenvalue weighted by Crippen LogP contribution is 2.28. The third-order valence-corrected chi connectivity index (χ3v) is 2.57. The number of carbonyl (C=O) groups excluding carboxylic acids is 4. The molecule has 0 unspecified atom stereocenters. The van der Waals surface area contributed by atoms with Crippen LogP contribution in [-0.4, -0.2) is 36.7 Å². The Morgan fingerprint density at radius 2 is 1.05 bits per heavy atom. The number of nitrogens with zero attached hydrogens (tertiary/aromatic N) is 4. The van der Waals surface area contributed by atoms with Crippen LogP contribution in [-0.2, 0) is 19.2 Å². The Bertz CT molecular complexity index is 589.